The van der Waals surface area contributed by atoms with Crippen LogP contribution in [-0.4, -0.2) is 49.3 Å². The van der Waals surface area contributed by atoms with Crippen LogP contribution in [0.25, 0.3) is 0 Å². The number of nitrogens with one attached hydrogen (secondary N) is 1. The first kappa shape index (κ1) is 13.0. The molecule has 0 radical (unpaired) electrons. The molecule has 1 saturated heterocycles. The second-order valence-electron chi connectivity index (χ2n) is 4.36. The van der Waals surface area contributed by atoms with Crippen molar-refractivity contribution < 1.29 is 4.74 Å². The number of likely N-dealkylation sites (N-methyl/N-ethyl adjacent to an activating group) is 1. The lowest BCUT2D eigenvalue weighted by Gasteiger charge is -2.27. The molecule has 0 amide bonds. The minimum atomic E-state index is 0.296. The van der Waals surface area contributed by atoms with E-state index < -0.39 is 0 Å². The predicted octanol–water partition coefficient (Wildman–Crippen LogP) is 1.26. The molecule has 4 nitrogen and oxygen atoms in total. The third-order valence-corrected chi connectivity index (χ3v) is 3.21. The lowest BCUT2D eigenvalue weighted by molar-refractivity contribution is 0.00868. The van der Waals surface area contributed by atoms with Crippen molar-refractivity contribution in [1.82, 2.24) is 15.2 Å². The fraction of sp³-hybridized carbons (Fsp3) is 0.583. The monoisotopic (exact) mass is 299 g/mol. The SMILES string of the molecule is CN(Cc1ccc(Br)cn1)CC1CNCCO1. The zero-order valence-corrected chi connectivity index (χ0v) is 11.6. The zero-order valence-electron chi connectivity index (χ0n) is 10.0. The van der Waals surface area contributed by atoms with Crippen LogP contribution in [0.5, 0.6) is 0 Å². The first-order valence-corrected chi connectivity index (χ1v) is 6.64. The number of hydrogen-bond donors (Lipinski definition) is 1. The van der Waals surface area contributed by atoms with Gasteiger partial charge in [0.25, 0.3) is 0 Å². The van der Waals surface area contributed by atoms with Gasteiger partial charge < -0.3 is 10.1 Å². The molecule has 1 unspecified atom stereocenters. The summed E-state index contributed by atoms with van der Waals surface area (Å²) in [6.07, 6.45) is 2.13. The molecule has 0 saturated carbocycles. The summed E-state index contributed by atoms with van der Waals surface area (Å²) in [6, 6.07) is 4.06. The smallest absolute Gasteiger partial charge is 0.0826 e. The Morgan fingerprint density at radius 3 is 3.12 bits per heavy atom. The highest BCUT2D eigenvalue weighted by atomic mass is 79.9. The molecule has 1 aliphatic rings. The van der Waals surface area contributed by atoms with E-state index in [9.17, 15) is 0 Å². The second kappa shape index (κ2) is 6.44. The van der Waals surface area contributed by atoms with E-state index in [1.165, 1.54) is 0 Å². The Hall–Kier alpha value is -0.490. The highest BCUT2D eigenvalue weighted by Gasteiger charge is 2.15. The Kier molecular flexibility index (Phi) is 4.91. The van der Waals surface area contributed by atoms with Gasteiger partial charge >= 0.3 is 0 Å². The molecule has 1 fully saturated rings. The number of ether oxygens (including phenoxy) is 1. The lowest BCUT2D eigenvalue weighted by atomic mass is 10.2. The highest BCUT2D eigenvalue weighted by molar-refractivity contribution is 9.10. The molecule has 2 heterocycles. The summed E-state index contributed by atoms with van der Waals surface area (Å²) in [7, 11) is 2.10. The van der Waals surface area contributed by atoms with Crippen LogP contribution in [0.1, 0.15) is 5.69 Å². The normalized spacial score (nSPS) is 20.8. The van der Waals surface area contributed by atoms with Crippen LogP contribution in [0.4, 0.5) is 0 Å². The van der Waals surface area contributed by atoms with Crippen molar-refractivity contribution in [1.29, 1.82) is 0 Å². The van der Waals surface area contributed by atoms with Gasteiger partial charge in [0.2, 0.25) is 0 Å². The van der Waals surface area contributed by atoms with E-state index in [0.717, 1.165) is 43.0 Å². The molecule has 0 aliphatic carbocycles. The van der Waals surface area contributed by atoms with Crippen LogP contribution in [0.15, 0.2) is 22.8 Å². The van der Waals surface area contributed by atoms with Crippen molar-refractivity contribution in [3.8, 4) is 0 Å². The summed E-state index contributed by atoms with van der Waals surface area (Å²) in [4.78, 5) is 6.61. The number of rotatable bonds is 4. The summed E-state index contributed by atoms with van der Waals surface area (Å²) >= 11 is 3.39. The number of halogens is 1. The van der Waals surface area contributed by atoms with Gasteiger partial charge in [0.05, 0.1) is 18.4 Å². The average molecular weight is 300 g/mol. The fourth-order valence-corrected chi connectivity index (χ4v) is 2.16. The number of nitrogens with zero attached hydrogens (tertiary/aromatic N) is 2. The summed E-state index contributed by atoms with van der Waals surface area (Å²) in [5, 5.41) is 3.34. The summed E-state index contributed by atoms with van der Waals surface area (Å²) in [6.45, 7) is 4.51. The van der Waals surface area contributed by atoms with Gasteiger partial charge in [-0.1, -0.05) is 0 Å². The Labute approximate surface area is 110 Å². The van der Waals surface area contributed by atoms with E-state index in [1.54, 1.807) is 0 Å². The topological polar surface area (TPSA) is 37.4 Å². The second-order valence-corrected chi connectivity index (χ2v) is 5.28. The molecule has 1 N–H and O–H groups in total. The largest absolute Gasteiger partial charge is 0.374 e. The van der Waals surface area contributed by atoms with Crippen LogP contribution in [0.2, 0.25) is 0 Å². The molecule has 0 spiro atoms. The third-order valence-electron chi connectivity index (χ3n) is 2.74. The van der Waals surface area contributed by atoms with Gasteiger partial charge in [0, 0.05) is 36.8 Å². The Bertz CT molecular complexity index is 338. The minimum absolute atomic E-state index is 0.296. The minimum Gasteiger partial charge on any atom is -0.374 e. The van der Waals surface area contributed by atoms with Crippen molar-refractivity contribution in [3.05, 3.63) is 28.5 Å². The molecule has 17 heavy (non-hydrogen) atoms. The molecule has 1 aliphatic heterocycles. The highest BCUT2D eigenvalue weighted by Crippen LogP contribution is 2.09. The van der Waals surface area contributed by atoms with E-state index in [1.807, 2.05) is 18.3 Å². The van der Waals surface area contributed by atoms with Crippen molar-refractivity contribution >= 4 is 15.9 Å². The van der Waals surface area contributed by atoms with Gasteiger partial charge in [0.15, 0.2) is 0 Å². The number of morpholine rings is 1. The maximum Gasteiger partial charge on any atom is 0.0826 e. The molecule has 1 aromatic heterocycles. The van der Waals surface area contributed by atoms with Gasteiger partial charge in [-0.3, -0.25) is 9.88 Å². The maximum absolute atomic E-state index is 5.67. The first-order chi connectivity index (χ1) is 8.24. The van der Waals surface area contributed by atoms with Crippen molar-refractivity contribution in [2.75, 3.05) is 33.3 Å². The van der Waals surface area contributed by atoms with Crippen molar-refractivity contribution in [2.45, 2.75) is 12.6 Å². The van der Waals surface area contributed by atoms with Crippen LogP contribution < -0.4 is 5.32 Å². The standard InChI is InChI=1S/C12H18BrN3O/c1-16(9-12-7-14-4-5-17-12)8-11-3-2-10(13)6-15-11/h2-3,6,12,14H,4-5,7-9H2,1H3. The Balaban J connectivity index is 1.79. The molecule has 1 aromatic rings. The van der Waals surface area contributed by atoms with E-state index in [4.69, 9.17) is 4.74 Å². The van der Waals surface area contributed by atoms with Gasteiger partial charge in [-0.2, -0.15) is 0 Å². The quantitative estimate of drug-likeness (QED) is 0.908. The molecule has 2 rings (SSSR count). The van der Waals surface area contributed by atoms with Crippen LogP contribution in [0.3, 0.4) is 0 Å². The molecular weight excluding hydrogens is 282 g/mol. The van der Waals surface area contributed by atoms with Gasteiger partial charge in [-0.15, -0.1) is 0 Å². The molecule has 0 aromatic carbocycles. The maximum atomic E-state index is 5.67. The van der Waals surface area contributed by atoms with Gasteiger partial charge in [-0.05, 0) is 35.1 Å². The summed E-state index contributed by atoms with van der Waals surface area (Å²) < 4.78 is 6.69. The number of aromatic nitrogens is 1. The molecule has 1 atom stereocenters. The lowest BCUT2D eigenvalue weighted by Crippen LogP contribution is -2.44. The van der Waals surface area contributed by atoms with Crippen LogP contribution >= 0.6 is 15.9 Å². The van der Waals surface area contributed by atoms with Crippen LogP contribution in [0, 0.1) is 0 Å². The summed E-state index contributed by atoms with van der Waals surface area (Å²) in [5.74, 6) is 0. The third kappa shape index (κ3) is 4.35. The molecule has 94 valence electrons. The number of hydrogen-bond acceptors (Lipinski definition) is 4. The van der Waals surface area contributed by atoms with Crippen molar-refractivity contribution in [2.24, 2.45) is 0 Å². The first-order valence-electron chi connectivity index (χ1n) is 5.85. The molecule has 5 heteroatoms. The van der Waals surface area contributed by atoms with E-state index >= 15 is 0 Å². The molecule has 0 bridgehead atoms. The van der Waals surface area contributed by atoms with E-state index in [2.05, 4.69) is 38.2 Å². The Morgan fingerprint density at radius 1 is 1.59 bits per heavy atom. The predicted molar refractivity (Wildman–Crippen MR) is 70.9 cm³/mol. The van der Waals surface area contributed by atoms with Gasteiger partial charge in [0.1, 0.15) is 0 Å². The summed E-state index contributed by atoms with van der Waals surface area (Å²) in [5.41, 5.74) is 1.08. The van der Waals surface area contributed by atoms with E-state index in [0.29, 0.717) is 6.10 Å². The van der Waals surface area contributed by atoms with E-state index in [-0.39, 0.29) is 0 Å². The number of pyridine rings is 1. The average Bonchev–Trinajstić information content (AvgIpc) is 2.33. The fourth-order valence-electron chi connectivity index (χ4n) is 1.93. The Morgan fingerprint density at radius 2 is 2.47 bits per heavy atom. The van der Waals surface area contributed by atoms with Crippen LogP contribution in [-0.2, 0) is 11.3 Å². The zero-order chi connectivity index (χ0) is 12.1. The van der Waals surface area contributed by atoms with Gasteiger partial charge in [-0.25, -0.2) is 0 Å². The van der Waals surface area contributed by atoms with Crippen molar-refractivity contribution in [3.63, 3.8) is 0 Å². The molecular formula is C12H18BrN3O.